The van der Waals surface area contributed by atoms with Crippen LogP contribution in [-0.2, 0) is 4.79 Å². The van der Waals surface area contributed by atoms with Gasteiger partial charge in [0.25, 0.3) is 6.43 Å². The monoisotopic (exact) mass is 315 g/mol. The summed E-state index contributed by atoms with van der Waals surface area (Å²) in [5.41, 5.74) is 2.07. The quantitative estimate of drug-likeness (QED) is 0.483. The van der Waals surface area contributed by atoms with Gasteiger partial charge in [-0.25, -0.2) is 8.78 Å². The van der Waals surface area contributed by atoms with Crippen molar-refractivity contribution in [1.29, 1.82) is 0 Å². The normalized spacial score (nSPS) is 14.2. The summed E-state index contributed by atoms with van der Waals surface area (Å²) in [4.78, 5) is 12.3. The van der Waals surface area contributed by atoms with Gasteiger partial charge >= 0.3 is 5.97 Å². The molecule has 23 heavy (non-hydrogen) atoms. The summed E-state index contributed by atoms with van der Waals surface area (Å²) in [6.45, 7) is 4.60. The smallest absolute Gasteiger partial charge is 0.308 e. The Bertz CT molecular complexity index is 724. The maximum Gasteiger partial charge on any atom is 0.308 e. The molecule has 1 heterocycles. The van der Waals surface area contributed by atoms with E-state index in [9.17, 15) is 13.6 Å². The van der Waals surface area contributed by atoms with Gasteiger partial charge < -0.3 is 9.64 Å². The number of hydrogen-bond acceptors (Lipinski definition) is 3. The van der Waals surface area contributed by atoms with E-state index >= 15 is 0 Å². The predicted octanol–water partition coefficient (Wildman–Crippen LogP) is 3.61. The van der Waals surface area contributed by atoms with E-state index in [-0.39, 0.29) is 0 Å². The molecule has 0 N–H and O–H groups in total. The highest BCUT2D eigenvalue weighted by molar-refractivity contribution is 5.73. The molecular weight excluding hydrogens is 300 g/mol. The van der Waals surface area contributed by atoms with Crippen molar-refractivity contribution in [3.63, 3.8) is 0 Å². The Morgan fingerprint density at radius 2 is 2.00 bits per heavy atom. The fourth-order valence-corrected chi connectivity index (χ4v) is 2.23. The van der Waals surface area contributed by atoms with Gasteiger partial charge in [-0.1, -0.05) is 12.5 Å². The van der Waals surface area contributed by atoms with Crippen LogP contribution < -0.4 is 4.74 Å². The van der Waals surface area contributed by atoms with Gasteiger partial charge in [-0.3, -0.25) is 4.79 Å². The van der Waals surface area contributed by atoms with Crippen LogP contribution in [0.15, 0.2) is 54.3 Å². The summed E-state index contributed by atoms with van der Waals surface area (Å²) in [7, 11) is 0. The minimum Gasteiger partial charge on any atom is -0.427 e. The SMILES string of the molecule is C#CC1=CC=C(c2ccc(OC(C)=O)cc2)N(CC(F)F)C1=C. The lowest BCUT2D eigenvalue weighted by atomic mass is 10.0. The van der Waals surface area contributed by atoms with Crippen LogP contribution in [0.25, 0.3) is 5.70 Å². The third-order valence-electron chi connectivity index (χ3n) is 3.22. The number of allylic oxidation sites excluding steroid dienone is 3. The lowest BCUT2D eigenvalue weighted by Gasteiger charge is -2.31. The number of halogens is 2. The molecule has 0 atom stereocenters. The fraction of sp³-hybridized carbons (Fsp3) is 0.167. The molecule has 0 spiro atoms. The second kappa shape index (κ2) is 6.93. The average molecular weight is 315 g/mol. The molecule has 1 aliphatic heterocycles. The van der Waals surface area contributed by atoms with Gasteiger partial charge in [0.15, 0.2) is 0 Å². The van der Waals surface area contributed by atoms with E-state index in [1.54, 1.807) is 36.4 Å². The number of esters is 1. The van der Waals surface area contributed by atoms with Crippen LogP contribution in [0, 0.1) is 12.3 Å². The molecule has 0 saturated heterocycles. The van der Waals surface area contributed by atoms with Crippen molar-refractivity contribution in [3.05, 3.63) is 59.8 Å². The summed E-state index contributed by atoms with van der Waals surface area (Å²) in [5, 5.41) is 0. The van der Waals surface area contributed by atoms with Crippen LogP contribution in [-0.4, -0.2) is 23.8 Å². The second-order valence-corrected chi connectivity index (χ2v) is 4.84. The maximum atomic E-state index is 12.9. The van der Waals surface area contributed by atoms with Gasteiger partial charge in [0.1, 0.15) is 5.75 Å². The zero-order valence-electron chi connectivity index (χ0n) is 12.6. The van der Waals surface area contributed by atoms with Gasteiger partial charge in [0, 0.05) is 23.9 Å². The molecule has 2 rings (SSSR count). The van der Waals surface area contributed by atoms with E-state index in [0.717, 1.165) is 0 Å². The Balaban J connectivity index is 2.36. The minimum atomic E-state index is -2.53. The second-order valence-electron chi connectivity index (χ2n) is 4.84. The van der Waals surface area contributed by atoms with E-state index in [0.29, 0.717) is 28.3 Å². The molecule has 0 bridgehead atoms. The van der Waals surface area contributed by atoms with Crippen LogP contribution in [0.4, 0.5) is 8.78 Å². The number of ether oxygens (including phenoxy) is 1. The number of hydrogen-bond donors (Lipinski definition) is 0. The minimum absolute atomic E-state index is 0.356. The highest BCUT2D eigenvalue weighted by atomic mass is 19.3. The van der Waals surface area contributed by atoms with Gasteiger partial charge in [-0.2, -0.15) is 0 Å². The van der Waals surface area contributed by atoms with Gasteiger partial charge in [0.2, 0.25) is 0 Å². The van der Waals surface area contributed by atoms with Crippen molar-refractivity contribution in [3.8, 4) is 18.1 Å². The van der Waals surface area contributed by atoms with E-state index in [1.165, 1.54) is 11.8 Å². The van der Waals surface area contributed by atoms with Gasteiger partial charge in [0.05, 0.1) is 6.54 Å². The molecule has 1 aliphatic rings. The van der Waals surface area contributed by atoms with Crippen molar-refractivity contribution in [2.75, 3.05) is 6.54 Å². The Kier molecular flexibility index (Phi) is 4.97. The van der Waals surface area contributed by atoms with Crippen molar-refractivity contribution in [2.45, 2.75) is 13.3 Å². The van der Waals surface area contributed by atoms with Crippen LogP contribution >= 0.6 is 0 Å². The molecule has 3 nitrogen and oxygen atoms in total. The Hall–Kier alpha value is -2.87. The molecule has 0 radical (unpaired) electrons. The lowest BCUT2D eigenvalue weighted by Crippen LogP contribution is -2.29. The lowest BCUT2D eigenvalue weighted by molar-refractivity contribution is -0.131. The van der Waals surface area contributed by atoms with Crippen molar-refractivity contribution in [1.82, 2.24) is 4.90 Å². The highest BCUT2D eigenvalue weighted by Gasteiger charge is 2.23. The summed E-state index contributed by atoms with van der Waals surface area (Å²) in [6.07, 6.45) is 6.17. The molecule has 0 saturated carbocycles. The summed E-state index contributed by atoms with van der Waals surface area (Å²) in [5.74, 6) is 2.39. The molecule has 118 valence electrons. The Morgan fingerprint density at radius 1 is 1.35 bits per heavy atom. The predicted molar refractivity (Wildman–Crippen MR) is 84.5 cm³/mol. The van der Waals surface area contributed by atoms with Crippen molar-refractivity contribution in [2.24, 2.45) is 0 Å². The fourth-order valence-electron chi connectivity index (χ4n) is 2.23. The van der Waals surface area contributed by atoms with Gasteiger partial charge in [-0.05, 0) is 42.0 Å². The molecule has 0 aromatic heterocycles. The number of benzene rings is 1. The maximum absolute atomic E-state index is 12.9. The third-order valence-corrected chi connectivity index (χ3v) is 3.22. The Labute approximate surface area is 133 Å². The number of rotatable bonds is 4. The summed E-state index contributed by atoms with van der Waals surface area (Å²) >= 11 is 0. The molecular formula is C18H15F2NO2. The number of carbonyl (C=O) groups excluding carboxylic acids is 1. The molecule has 1 aromatic carbocycles. The van der Waals surface area contributed by atoms with Crippen molar-refractivity contribution < 1.29 is 18.3 Å². The zero-order valence-corrected chi connectivity index (χ0v) is 12.6. The first-order valence-electron chi connectivity index (χ1n) is 6.84. The molecule has 0 unspecified atom stereocenters. The molecule has 1 aromatic rings. The molecule has 0 aliphatic carbocycles. The third kappa shape index (κ3) is 3.86. The number of nitrogens with zero attached hydrogens (tertiary/aromatic N) is 1. The molecule has 0 amide bonds. The standard InChI is InChI=1S/C18H15F2NO2/c1-4-14-7-10-17(21(12(14)2)11-18(19)20)15-5-8-16(9-6-15)23-13(3)22/h1,5-10,18H,2,11H2,3H3. The first kappa shape index (κ1) is 16.5. The van der Waals surface area contributed by atoms with E-state index < -0.39 is 18.9 Å². The van der Waals surface area contributed by atoms with E-state index in [4.69, 9.17) is 11.2 Å². The first-order chi connectivity index (χ1) is 10.9. The molecule has 5 heteroatoms. The van der Waals surface area contributed by atoms with Crippen LogP contribution in [0.1, 0.15) is 12.5 Å². The average Bonchev–Trinajstić information content (AvgIpc) is 2.49. The highest BCUT2D eigenvalue weighted by Crippen LogP contribution is 2.31. The van der Waals surface area contributed by atoms with Crippen LogP contribution in [0.5, 0.6) is 5.75 Å². The van der Waals surface area contributed by atoms with Crippen LogP contribution in [0.2, 0.25) is 0 Å². The largest absolute Gasteiger partial charge is 0.427 e. The molecule has 0 fully saturated rings. The van der Waals surface area contributed by atoms with E-state index in [2.05, 4.69) is 12.5 Å². The van der Waals surface area contributed by atoms with E-state index in [1.807, 2.05) is 0 Å². The van der Waals surface area contributed by atoms with Gasteiger partial charge in [-0.15, -0.1) is 6.42 Å². The topological polar surface area (TPSA) is 29.5 Å². The number of alkyl halides is 2. The Morgan fingerprint density at radius 3 is 2.52 bits per heavy atom. The number of carbonyl (C=O) groups is 1. The van der Waals surface area contributed by atoms with Crippen molar-refractivity contribution >= 4 is 11.7 Å². The summed E-state index contributed by atoms with van der Waals surface area (Å²) < 4.78 is 30.7. The van der Waals surface area contributed by atoms with Crippen LogP contribution in [0.3, 0.4) is 0 Å². The zero-order chi connectivity index (χ0) is 17.0. The number of terminal acetylenes is 1. The first-order valence-corrected chi connectivity index (χ1v) is 6.84. The summed E-state index contributed by atoms with van der Waals surface area (Å²) in [6, 6.07) is 6.57.